The minimum Gasteiger partial charge on any atom is -0.463 e. The van der Waals surface area contributed by atoms with Crippen molar-refractivity contribution in [3.63, 3.8) is 0 Å². The third kappa shape index (κ3) is 4.43. The van der Waals surface area contributed by atoms with Gasteiger partial charge in [-0.3, -0.25) is 0 Å². The van der Waals surface area contributed by atoms with Gasteiger partial charge in [0.15, 0.2) is 0 Å². The minimum absolute atomic E-state index is 0.198. The minimum atomic E-state index is 0.198. The molecule has 0 radical (unpaired) electrons. The van der Waals surface area contributed by atoms with E-state index in [9.17, 15) is 0 Å². The SMILES string of the molecule is CCCOc1nc(Cl)nc(N2CCC(C(C)(C)C)CC2)n1. The molecule has 0 aliphatic carbocycles. The molecule has 1 fully saturated rings. The third-order valence-electron chi connectivity index (χ3n) is 4.01. The fourth-order valence-electron chi connectivity index (χ4n) is 2.67. The van der Waals surface area contributed by atoms with Crippen LogP contribution >= 0.6 is 11.6 Å². The lowest BCUT2D eigenvalue weighted by Crippen LogP contribution is -2.39. The second-order valence-electron chi connectivity index (χ2n) is 6.66. The van der Waals surface area contributed by atoms with Crippen LogP contribution < -0.4 is 9.64 Å². The van der Waals surface area contributed by atoms with Gasteiger partial charge in [0, 0.05) is 13.1 Å². The van der Waals surface area contributed by atoms with Crippen LogP contribution in [0.3, 0.4) is 0 Å². The molecule has 0 unspecified atom stereocenters. The third-order valence-corrected chi connectivity index (χ3v) is 4.18. The van der Waals surface area contributed by atoms with Gasteiger partial charge in [-0.1, -0.05) is 27.7 Å². The number of ether oxygens (including phenoxy) is 1. The Balaban J connectivity index is 2.04. The van der Waals surface area contributed by atoms with Gasteiger partial charge in [0.1, 0.15) is 0 Å². The van der Waals surface area contributed by atoms with Crippen LogP contribution in [0.2, 0.25) is 5.28 Å². The number of piperidine rings is 1. The lowest BCUT2D eigenvalue weighted by atomic mass is 9.75. The normalized spacial score (nSPS) is 17.1. The van der Waals surface area contributed by atoms with E-state index in [0.717, 1.165) is 38.3 Å². The number of halogens is 1. The van der Waals surface area contributed by atoms with Gasteiger partial charge in [-0.15, -0.1) is 0 Å². The molecule has 1 aromatic rings. The molecular weight excluding hydrogens is 288 g/mol. The molecule has 0 amide bonds. The van der Waals surface area contributed by atoms with Crippen molar-refractivity contribution in [1.82, 2.24) is 15.0 Å². The van der Waals surface area contributed by atoms with E-state index in [0.29, 0.717) is 24.0 Å². The van der Waals surface area contributed by atoms with Gasteiger partial charge in [0.05, 0.1) is 6.61 Å². The van der Waals surface area contributed by atoms with Crippen molar-refractivity contribution in [3.05, 3.63) is 5.28 Å². The maximum Gasteiger partial charge on any atom is 0.322 e. The summed E-state index contributed by atoms with van der Waals surface area (Å²) in [6.45, 7) is 11.5. The van der Waals surface area contributed by atoms with Gasteiger partial charge < -0.3 is 9.64 Å². The molecule has 6 heteroatoms. The molecule has 118 valence electrons. The Morgan fingerprint density at radius 2 is 1.86 bits per heavy atom. The summed E-state index contributed by atoms with van der Waals surface area (Å²) in [6, 6.07) is 0.324. The maximum atomic E-state index is 5.98. The molecule has 0 saturated carbocycles. The molecular formula is C15H25ClN4O. The summed E-state index contributed by atoms with van der Waals surface area (Å²) in [5, 5.41) is 0.198. The Morgan fingerprint density at radius 1 is 1.19 bits per heavy atom. The maximum absolute atomic E-state index is 5.98. The quantitative estimate of drug-likeness (QED) is 0.850. The van der Waals surface area contributed by atoms with Crippen molar-refractivity contribution in [3.8, 4) is 6.01 Å². The van der Waals surface area contributed by atoms with Crippen LogP contribution in [0.4, 0.5) is 5.95 Å². The molecule has 1 aliphatic rings. The first-order valence-electron chi connectivity index (χ1n) is 7.69. The zero-order valence-corrected chi connectivity index (χ0v) is 14.2. The highest BCUT2D eigenvalue weighted by Gasteiger charge is 2.29. The van der Waals surface area contributed by atoms with E-state index in [2.05, 4.69) is 40.6 Å². The van der Waals surface area contributed by atoms with E-state index in [1.54, 1.807) is 0 Å². The lowest BCUT2D eigenvalue weighted by molar-refractivity contribution is 0.198. The van der Waals surface area contributed by atoms with Gasteiger partial charge in [-0.05, 0) is 42.2 Å². The molecule has 0 N–H and O–H groups in total. The van der Waals surface area contributed by atoms with E-state index >= 15 is 0 Å². The second-order valence-corrected chi connectivity index (χ2v) is 7.00. The van der Waals surface area contributed by atoms with Crippen LogP contribution in [0.25, 0.3) is 0 Å². The van der Waals surface area contributed by atoms with Gasteiger partial charge in [0.2, 0.25) is 11.2 Å². The van der Waals surface area contributed by atoms with Crippen molar-refractivity contribution >= 4 is 17.5 Å². The number of hydrogen-bond acceptors (Lipinski definition) is 5. The lowest BCUT2D eigenvalue weighted by Gasteiger charge is -2.38. The van der Waals surface area contributed by atoms with Crippen molar-refractivity contribution in [2.45, 2.75) is 47.0 Å². The van der Waals surface area contributed by atoms with E-state index in [-0.39, 0.29) is 5.28 Å². The molecule has 0 aromatic carbocycles. The highest BCUT2D eigenvalue weighted by atomic mass is 35.5. The van der Waals surface area contributed by atoms with E-state index in [1.165, 1.54) is 0 Å². The predicted molar refractivity (Wildman–Crippen MR) is 85.0 cm³/mol. The Morgan fingerprint density at radius 3 is 2.43 bits per heavy atom. The fourth-order valence-corrected chi connectivity index (χ4v) is 2.81. The highest BCUT2D eigenvalue weighted by molar-refractivity contribution is 6.28. The van der Waals surface area contributed by atoms with Gasteiger partial charge in [0.25, 0.3) is 0 Å². The molecule has 1 saturated heterocycles. The molecule has 1 aliphatic heterocycles. The number of rotatable bonds is 4. The number of nitrogens with zero attached hydrogens (tertiary/aromatic N) is 4. The molecule has 21 heavy (non-hydrogen) atoms. The fraction of sp³-hybridized carbons (Fsp3) is 0.800. The standard InChI is InChI=1S/C15H25ClN4O/c1-5-10-21-14-18-12(16)17-13(19-14)20-8-6-11(7-9-20)15(2,3)4/h11H,5-10H2,1-4H3. The summed E-state index contributed by atoms with van der Waals surface area (Å²) in [4.78, 5) is 14.8. The zero-order chi connectivity index (χ0) is 15.5. The Labute approximate surface area is 132 Å². The van der Waals surface area contributed by atoms with E-state index in [1.807, 2.05) is 6.92 Å². The van der Waals surface area contributed by atoms with Crippen molar-refractivity contribution in [2.75, 3.05) is 24.6 Å². The van der Waals surface area contributed by atoms with E-state index < -0.39 is 0 Å². The summed E-state index contributed by atoms with van der Waals surface area (Å²) in [6.07, 6.45) is 3.21. The zero-order valence-electron chi connectivity index (χ0n) is 13.4. The smallest absolute Gasteiger partial charge is 0.322 e. The average molecular weight is 313 g/mol. The second kappa shape index (κ2) is 6.77. The predicted octanol–water partition coefficient (Wildman–Crippen LogP) is 3.58. The highest BCUT2D eigenvalue weighted by Crippen LogP contribution is 2.35. The summed E-state index contributed by atoms with van der Waals surface area (Å²) >= 11 is 5.98. The summed E-state index contributed by atoms with van der Waals surface area (Å²) < 4.78 is 5.47. The van der Waals surface area contributed by atoms with Crippen molar-refractivity contribution in [2.24, 2.45) is 11.3 Å². The topological polar surface area (TPSA) is 51.1 Å². The van der Waals surface area contributed by atoms with Crippen LogP contribution in [0, 0.1) is 11.3 Å². The van der Waals surface area contributed by atoms with Gasteiger partial charge >= 0.3 is 6.01 Å². The van der Waals surface area contributed by atoms with Crippen molar-refractivity contribution in [1.29, 1.82) is 0 Å². The largest absolute Gasteiger partial charge is 0.463 e. The Kier molecular flexibility index (Phi) is 5.25. The summed E-state index contributed by atoms with van der Waals surface area (Å²) in [5.74, 6) is 1.37. The first-order valence-corrected chi connectivity index (χ1v) is 8.07. The first kappa shape index (κ1) is 16.3. The summed E-state index contributed by atoms with van der Waals surface area (Å²) in [7, 11) is 0. The molecule has 2 rings (SSSR count). The molecule has 2 heterocycles. The Bertz CT molecular complexity index is 467. The summed E-state index contributed by atoms with van der Waals surface area (Å²) in [5.41, 5.74) is 0.359. The average Bonchev–Trinajstić information content (AvgIpc) is 2.44. The van der Waals surface area contributed by atoms with Crippen LogP contribution in [0.1, 0.15) is 47.0 Å². The van der Waals surface area contributed by atoms with Gasteiger partial charge in [-0.2, -0.15) is 15.0 Å². The van der Waals surface area contributed by atoms with Crippen LogP contribution in [-0.4, -0.2) is 34.6 Å². The van der Waals surface area contributed by atoms with E-state index in [4.69, 9.17) is 16.3 Å². The van der Waals surface area contributed by atoms with Crippen LogP contribution in [-0.2, 0) is 0 Å². The van der Waals surface area contributed by atoms with Gasteiger partial charge in [-0.25, -0.2) is 0 Å². The number of aromatic nitrogens is 3. The van der Waals surface area contributed by atoms with Crippen LogP contribution in [0.15, 0.2) is 0 Å². The molecule has 0 bridgehead atoms. The molecule has 0 spiro atoms. The van der Waals surface area contributed by atoms with Crippen LogP contribution in [0.5, 0.6) is 6.01 Å². The monoisotopic (exact) mass is 312 g/mol. The Hall–Kier alpha value is -1.10. The molecule has 0 atom stereocenters. The van der Waals surface area contributed by atoms with Crippen molar-refractivity contribution < 1.29 is 4.74 Å². The molecule has 5 nitrogen and oxygen atoms in total. The molecule has 1 aromatic heterocycles. The first-order chi connectivity index (χ1) is 9.90. The number of anilines is 1. The number of hydrogen-bond donors (Lipinski definition) is 0.